The van der Waals surface area contributed by atoms with Crippen molar-refractivity contribution in [3.05, 3.63) is 53.9 Å². The fourth-order valence-electron chi connectivity index (χ4n) is 2.96. The molecule has 0 unspecified atom stereocenters. The van der Waals surface area contributed by atoms with E-state index in [1.165, 1.54) is 26.9 Å². The molecular formula is C18H17N3OS. The van der Waals surface area contributed by atoms with E-state index in [1.54, 1.807) is 7.11 Å². The molecule has 2 aromatic heterocycles. The van der Waals surface area contributed by atoms with Crippen LogP contribution in [0.1, 0.15) is 17.5 Å². The van der Waals surface area contributed by atoms with Crippen molar-refractivity contribution in [1.82, 2.24) is 14.8 Å². The summed E-state index contributed by atoms with van der Waals surface area (Å²) in [6, 6.07) is 10.6. The van der Waals surface area contributed by atoms with Crippen molar-refractivity contribution in [1.29, 1.82) is 0 Å². The lowest BCUT2D eigenvalue weighted by atomic mass is 10.00. The Bertz CT molecular complexity index is 896. The van der Waals surface area contributed by atoms with E-state index in [9.17, 15) is 0 Å². The minimum absolute atomic E-state index is 0.648. The molecule has 4 rings (SSSR count). The number of methoxy groups -OCH3 is 1. The first-order valence-corrected chi connectivity index (χ1v) is 8.53. The summed E-state index contributed by atoms with van der Waals surface area (Å²) in [5.41, 5.74) is 4.99. The molecule has 23 heavy (non-hydrogen) atoms. The van der Waals surface area contributed by atoms with Gasteiger partial charge in [0.05, 0.1) is 18.8 Å². The third-order valence-electron chi connectivity index (χ3n) is 4.18. The third-order valence-corrected chi connectivity index (χ3v) is 5.36. The van der Waals surface area contributed by atoms with Crippen molar-refractivity contribution in [2.24, 2.45) is 7.05 Å². The largest absolute Gasteiger partial charge is 0.481 e. The minimum atomic E-state index is 0.648. The highest BCUT2D eigenvalue weighted by Crippen LogP contribution is 2.44. The lowest BCUT2D eigenvalue weighted by Gasteiger charge is -2.08. The maximum absolute atomic E-state index is 5.15. The summed E-state index contributed by atoms with van der Waals surface area (Å²) < 4.78 is 7.08. The Hall–Kier alpha value is -2.27. The molecule has 1 aromatic carbocycles. The third kappa shape index (κ3) is 2.51. The van der Waals surface area contributed by atoms with Crippen molar-refractivity contribution in [3.8, 4) is 5.88 Å². The molecule has 0 saturated heterocycles. The van der Waals surface area contributed by atoms with E-state index in [1.807, 2.05) is 42.0 Å². The summed E-state index contributed by atoms with van der Waals surface area (Å²) in [4.78, 5) is 5.66. The number of benzene rings is 1. The van der Waals surface area contributed by atoms with Gasteiger partial charge in [-0.05, 0) is 29.7 Å². The molecule has 0 N–H and O–H groups in total. The summed E-state index contributed by atoms with van der Waals surface area (Å²) in [5.74, 6) is 1.76. The zero-order valence-corrected chi connectivity index (χ0v) is 13.9. The van der Waals surface area contributed by atoms with E-state index in [0.717, 1.165) is 17.7 Å². The van der Waals surface area contributed by atoms with Crippen LogP contribution in [0.5, 0.6) is 5.88 Å². The molecule has 3 aromatic rings. The lowest BCUT2D eigenvalue weighted by Crippen LogP contribution is -1.91. The molecular weight excluding hydrogens is 306 g/mol. The number of hydrogen-bond acceptors (Lipinski definition) is 4. The smallest absolute Gasteiger partial charge is 0.212 e. The number of rotatable bonds is 3. The molecule has 0 spiro atoms. The molecule has 116 valence electrons. The molecule has 0 fully saturated rings. The van der Waals surface area contributed by atoms with Gasteiger partial charge in [0, 0.05) is 40.9 Å². The van der Waals surface area contributed by atoms with Gasteiger partial charge in [0.15, 0.2) is 0 Å². The zero-order valence-electron chi connectivity index (χ0n) is 13.1. The maximum atomic E-state index is 5.15. The number of allylic oxidation sites excluding steroid dienone is 1. The number of fused-ring (bicyclic) bond motifs is 1. The molecule has 0 aliphatic carbocycles. The highest BCUT2D eigenvalue weighted by molar-refractivity contribution is 8.08. The Balaban J connectivity index is 1.81. The summed E-state index contributed by atoms with van der Waals surface area (Å²) in [5, 5.41) is 5.51. The Labute approximate surface area is 139 Å². The average Bonchev–Trinajstić information content (AvgIpc) is 3.22. The van der Waals surface area contributed by atoms with Crippen molar-refractivity contribution in [2.45, 2.75) is 6.42 Å². The number of pyridine rings is 1. The van der Waals surface area contributed by atoms with Gasteiger partial charge < -0.3 is 4.74 Å². The monoisotopic (exact) mass is 323 g/mol. The van der Waals surface area contributed by atoms with Crippen LogP contribution in [0.25, 0.3) is 21.4 Å². The SMILES string of the molecule is COc1ccc(C2=C(c3ccc4cnn(C)c4c3)CCS2)cn1. The minimum Gasteiger partial charge on any atom is -0.481 e. The van der Waals surface area contributed by atoms with Crippen molar-refractivity contribution in [3.63, 3.8) is 0 Å². The van der Waals surface area contributed by atoms with Crippen LogP contribution in [0.3, 0.4) is 0 Å². The predicted molar refractivity (Wildman–Crippen MR) is 95.4 cm³/mol. The van der Waals surface area contributed by atoms with Gasteiger partial charge in [-0.15, -0.1) is 11.8 Å². The number of aryl methyl sites for hydroxylation is 1. The van der Waals surface area contributed by atoms with Gasteiger partial charge in [-0.1, -0.05) is 12.1 Å². The molecule has 5 heteroatoms. The molecule has 0 bridgehead atoms. The summed E-state index contributed by atoms with van der Waals surface area (Å²) in [6.45, 7) is 0. The second kappa shape index (κ2) is 5.74. The first-order valence-electron chi connectivity index (χ1n) is 7.55. The van der Waals surface area contributed by atoms with Gasteiger partial charge in [-0.2, -0.15) is 5.10 Å². The molecule has 0 radical (unpaired) electrons. The van der Waals surface area contributed by atoms with Gasteiger partial charge in [-0.3, -0.25) is 4.68 Å². The summed E-state index contributed by atoms with van der Waals surface area (Å²) in [6.07, 6.45) is 4.88. The Morgan fingerprint density at radius 1 is 1.13 bits per heavy atom. The van der Waals surface area contributed by atoms with Crippen molar-refractivity contribution in [2.75, 3.05) is 12.9 Å². The molecule has 0 atom stereocenters. The Kier molecular flexibility index (Phi) is 3.58. The number of hydrogen-bond donors (Lipinski definition) is 0. The van der Waals surface area contributed by atoms with E-state index in [0.29, 0.717) is 5.88 Å². The zero-order chi connectivity index (χ0) is 15.8. The average molecular weight is 323 g/mol. The van der Waals surface area contributed by atoms with Crippen LogP contribution in [0.15, 0.2) is 42.7 Å². The molecule has 4 nitrogen and oxygen atoms in total. The molecule has 0 saturated carbocycles. The second-order valence-corrected chi connectivity index (χ2v) is 6.64. The van der Waals surface area contributed by atoms with E-state index in [-0.39, 0.29) is 0 Å². The van der Waals surface area contributed by atoms with Gasteiger partial charge in [0.25, 0.3) is 0 Å². The number of ether oxygens (including phenoxy) is 1. The Morgan fingerprint density at radius 2 is 2.00 bits per heavy atom. The van der Waals surface area contributed by atoms with E-state index in [4.69, 9.17) is 4.74 Å². The van der Waals surface area contributed by atoms with Gasteiger partial charge >= 0.3 is 0 Å². The molecule has 0 amide bonds. The number of aromatic nitrogens is 3. The highest BCUT2D eigenvalue weighted by atomic mass is 32.2. The van der Waals surface area contributed by atoms with Crippen LogP contribution in [-0.2, 0) is 7.05 Å². The second-order valence-electron chi connectivity index (χ2n) is 5.54. The van der Waals surface area contributed by atoms with Crippen molar-refractivity contribution < 1.29 is 4.74 Å². The molecule has 3 heterocycles. The van der Waals surface area contributed by atoms with Crippen LogP contribution < -0.4 is 4.74 Å². The fourth-order valence-corrected chi connectivity index (χ4v) is 4.15. The van der Waals surface area contributed by atoms with E-state index in [2.05, 4.69) is 34.3 Å². The van der Waals surface area contributed by atoms with Crippen LogP contribution in [0.4, 0.5) is 0 Å². The van der Waals surface area contributed by atoms with Crippen molar-refractivity contribution >= 4 is 33.1 Å². The Morgan fingerprint density at radius 3 is 2.78 bits per heavy atom. The molecule has 1 aliphatic rings. The van der Waals surface area contributed by atoms with E-state index >= 15 is 0 Å². The van der Waals surface area contributed by atoms with Crippen LogP contribution >= 0.6 is 11.8 Å². The van der Waals surface area contributed by atoms with Crippen LogP contribution in [0.2, 0.25) is 0 Å². The first-order chi connectivity index (χ1) is 11.3. The lowest BCUT2D eigenvalue weighted by molar-refractivity contribution is 0.398. The predicted octanol–water partition coefficient (Wildman–Crippen LogP) is 3.98. The quantitative estimate of drug-likeness (QED) is 0.731. The van der Waals surface area contributed by atoms with Crippen LogP contribution in [0, 0.1) is 0 Å². The fraction of sp³-hybridized carbons (Fsp3) is 0.222. The standard InChI is InChI=1S/C18H17N3OS/c1-21-16-9-12(3-4-13(16)11-20-21)15-7-8-23-18(15)14-5-6-17(22-2)19-10-14/h3-6,9-11H,7-8H2,1-2H3. The van der Waals surface area contributed by atoms with Gasteiger partial charge in [0.2, 0.25) is 5.88 Å². The number of nitrogens with zero attached hydrogens (tertiary/aromatic N) is 3. The summed E-state index contributed by atoms with van der Waals surface area (Å²) >= 11 is 1.90. The van der Waals surface area contributed by atoms with Gasteiger partial charge in [0.1, 0.15) is 0 Å². The van der Waals surface area contributed by atoms with E-state index < -0.39 is 0 Å². The van der Waals surface area contributed by atoms with Gasteiger partial charge in [-0.25, -0.2) is 4.98 Å². The first kappa shape index (κ1) is 14.3. The summed E-state index contributed by atoms with van der Waals surface area (Å²) in [7, 11) is 3.62. The van der Waals surface area contributed by atoms with Crippen LogP contribution in [-0.4, -0.2) is 27.6 Å². The topological polar surface area (TPSA) is 39.9 Å². The number of thioether (sulfide) groups is 1. The normalized spacial score (nSPS) is 14.7. The molecule has 1 aliphatic heterocycles. The maximum Gasteiger partial charge on any atom is 0.212 e. The highest BCUT2D eigenvalue weighted by Gasteiger charge is 2.19.